The van der Waals surface area contributed by atoms with Gasteiger partial charge in [-0.3, -0.25) is 0 Å². The van der Waals surface area contributed by atoms with Gasteiger partial charge in [-0.1, -0.05) is 0 Å². The van der Waals surface area contributed by atoms with Gasteiger partial charge in [-0.2, -0.15) is 0 Å². The number of furan rings is 1. The molecule has 0 spiro atoms. The number of nitrogens with zero attached hydrogens (tertiary/aromatic N) is 1. The summed E-state index contributed by atoms with van der Waals surface area (Å²) < 4.78 is 10.9. The van der Waals surface area contributed by atoms with E-state index in [9.17, 15) is 0 Å². The Hall–Kier alpha value is -1.35. The van der Waals surface area contributed by atoms with Crippen molar-refractivity contribution in [3.05, 3.63) is 30.2 Å². The molecule has 3 nitrogen and oxygen atoms in total. The van der Waals surface area contributed by atoms with Crippen molar-refractivity contribution < 1.29 is 9.15 Å². The van der Waals surface area contributed by atoms with Gasteiger partial charge < -0.3 is 9.15 Å². The van der Waals surface area contributed by atoms with Gasteiger partial charge >= 0.3 is 0 Å². The van der Waals surface area contributed by atoms with Crippen LogP contribution < -0.4 is 0 Å². The van der Waals surface area contributed by atoms with Crippen LogP contribution in [0.3, 0.4) is 0 Å². The lowest BCUT2D eigenvalue weighted by molar-refractivity contribution is 0.111. The van der Waals surface area contributed by atoms with Crippen LogP contribution in [0.2, 0.25) is 0 Å². The number of hydrogen-bond donors (Lipinski definition) is 0. The molecule has 3 heterocycles. The van der Waals surface area contributed by atoms with Gasteiger partial charge in [0.05, 0.1) is 12.4 Å². The second-order valence-corrected chi connectivity index (χ2v) is 3.95. The van der Waals surface area contributed by atoms with E-state index in [1.165, 1.54) is 18.4 Å². The third-order valence-electron chi connectivity index (χ3n) is 2.93. The van der Waals surface area contributed by atoms with Gasteiger partial charge in [0.25, 0.3) is 0 Å². The first-order chi connectivity index (χ1) is 7.43. The Morgan fingerprint density at radius 3 is 3.27 bits per heavy atom. The molecule has 0 N–H and O–H groups in total. The zero-order valence-corrected chi connectivity index (χ0v) is 8.48. The van der Waals surface area contributed by atoms with E-state index in [1.54, 1.807) is 12.5 Å². The van der Waals surface area contributed by atoms with Crippen LogP contribution in [0.4, 0.5) is 0 Å². The van der Waals surface area contributed by atoms with Crippen molar-refractivity contribution in [2.75, 3.05) is 6.61 Å². The molecule has 2 aromatic rings. The van der Waals surface area contributed by atoms with E-state index >= 15 is 0 Å². The zero-order valence-electron chi connectivity index (χ0n) is 8.48. The summed E-state index contributed by atoms with van der Waals surface area (Å²) in [6, 6.07) is 4.03. The Labute approximate surface area is 88.1 Å². The highest BCUT2D eigenvalue weighted by molar-refractivity contribution is 5.77. The molecule has 0 bridgehead atoms. The number of fused-ring (bicyclic) bond motifs is 1. The molecule has 0 radical (unpaired) electrons. The van der Waals surface area contributed by atoms with Gasteiger partial charge in [0.2, 0.25) is 5.71 Å². The highest BCUT2D eigenvalue weighted by Gasteiger charge is 2.17. The van der Waals surface area contributed by atoms with E-state index < -0.39 is 0 Å². The molecule has 2 aromatic heterocycles. The minimum atomic E-state index is 0.380. The molecule has 1 aliphatic heterocycles. The van der Waals surface area contributed by atoms with Crippen molar-refractivity contribution in [2.24, 2.45) is 0 Å². The summed E-state index contributed by atoms with van der Waals surface area (Å²) >= 11 is 0. The van der Waals surface area contributed by atoms with Gasteiger partial charge in [0.1, 0.15) is 0 Å². The summed E-state index contributed by atoms with van der Waals surface area (Å²) in [5.41, 5.74) is 2.01. The minimum Gasteiger partial charge on any atom is -0.446 e. The van der Waals surface area contributed by atoms with Crippen LogP contribution >= 0.6 is 0 Å². The van der Waals surface area contributed by atoms with Crippen molar-refractivity contribution in [1.29, 1.82) is 0 Å². The smallest absolute Gasteiger partial charge is 0.226 e. The molecule has 0 amide bonds. The Kier molecular flexibility index (Phi) is 2.18. The van der Waals surface area contributed by atoms with Gasteiger partial charge in [-0.15, -0.1) is 0 Å². The summed E-state index contributed by atoms with van der Waals surface area (Å²) in [6.07, 6.45) is 7.20. The quantitative estimate of drug-likeness (QED) is 0.752. The van der Waals surface area contributed by atoms with Crippen molar-refractivity contribution in [3.63, 3.8) is 0 Å². The molecule has 0 saturated carbocycles. The molecule has 0 aliphatic carbocycles. The normalized spacial score (nSPS) is 21.2. The maximum absolute atomic E-state index is 5.63. The Balaban J connectivity index is 1.92. The fraction of sp³-hybridized carbons (Fsp3) is 0.417. The Bertz CT molecular complexity index is 457. The van der Waals surface area contributed by atoms with E-state index in [2.05, 4.69) is 11.1 Å². The van der Waals surface area contributed by atoms with Gasteiger partial charge in [-0.05, 0) is 37.0 Å². The van der Waals surface area contributed by atoms with E-state index in [-0.39, 0.29) is 0 Å². The van der Waals surface area contributed by atoms with Crippen molar-refractivity contribution in [2.45, 2.75) is 25.4 Å². The predicted octanol–water partition coefficient (Wildman–Crippen LogP) is 2.55. The minimum absolute atomic E-state index is 0.380. The lowest BCUT2D eigenvalue weighted by Crippen LogP contribution is -2.08. The summed E-state index contributed by atoms with van der Waals surface area (Å²) in [4.78, 5) is 4.17. The maximum Gasteiger partial charge on any atom is 0.226 e. The average molecular weight is 203 g/mol. The number of ether oxygens (including phenoxy) is 1. The van der Waals surface area contributed by atoms with Crippen molar-refractivity contribution in [3.8, 4) is 0 Å². The van der Waals surface area contributed by atoms with Crippen molar-refractivity contribution >= 4 is 11.1 Å². The van der Waals surface area contributed by atoms with Crippen LogP contribution in [-0.4, -0.2) is 17.7 Å². The van der Waals surface area contributed by atoms with Gasteiger partial charge in [0.15, 0.2) is 0 Å². The molecular weight excluding hydrogens is 190 g/mol. The Morgan fingerprint density at radius 1 is 1.40 bits per heavy atom. The first-order valence-corrected chi connectivity index (χ1v) is 5.36. The first-order valence-electron chi connectivity index (χ1n) is 5.36. The fourth-order valence-corrected chi connectivity index (χ4v) is 2.16. The number of aromatic nitrogens is 1. The van der Waals surface area contributed by atoms with Crippen LogP contribution in [0, 0.1) is 0 Å². The number of rotatable bonds is 2. The second kappa shape index (κ2) is 3.66. The summed E-state index contributed by atoms with van der Waals surface area (Å²) in [5.74, 6) is 0. The topological polar surface area (TPSA) is 35.3 Å². The lowest BCUT2D eigenvalue weighted by atomic mass is 10.0. The van der Waals surface area contributed by atoms with Crippen LogP contribution in [-0.2, 0) is 11.2 Å². The largest absolute Gasteiger partial charge is 0.446 e. The van der Waals surface area contributed by atoms with E-state index in [4.69, 9.17) is 9.15 Å². The van der Waals surface area contributed by atoms with Crippen LogP contribution in [0.1, 0.15) is 18.4 Å². The molecule has 0 unspecified atom stereocenters. The summed E-state index contributed by atoms with van der Waals surface area (Å²) in [5, 5.41) is 1.12. The maximum atomic E-state index is 5.63. The fourth-order valence-electron chi connectivity index (χ4n) is 2.16. The van der Waals surface area contributed by atoms with Crippen molar-refractivity contribution in [1.82, 2.24) is 4.98 Å². The Morgan fingerprint density at radius 2 is 2.40 bits per heavy atom. The van der Waals surface area contributed by atoms with E-state index in [0.717, 1.165) is 24.1 Å². The average Bonchev–Trinajstić information content (AvgIpc) is 2.87. The summed E-state index contributed by atoms with van der Waals surface area (Å²) in [7, 11) is 0. The molecule has 0 aromatic carbocycles. The SMILES string of the molecule is c1cc(C[C@@H]2CCCO2)c2ccoc2n1. The van der Waals surface area contributed by atoms with E-state index in [1.807, 2.05) is 6.07 Å². The molecular formula is C12H13NO2. The number of hydrogen-bond acceptors (Lipinski definition) is 3. The predicted molar refractivity (Wildman–Crippen MR) is 56.7 cm³/mol. The zero-order chi connectivity index (χ0) is 10.1. The molecule has 1 aliphatic rings. The first kappa shape index (κ1) is 8.92. The summed E-state index contributed by atoms with van der Waals surface area (Å²) in [6.45, 7) is 0.907. The van der Waals surface area contributed by atoms with E-state index in [0.29, 0.717) is 6.10 Å². The highest BCUT2D eigenvalue weighted by atomic mass is 16.5. The third kappa shape index (κ3) is 1.63. The molecule has 1 fully saturated rings. The van der Waals surface area contributed by atoms with Crippen LogP contribution in [0.25, 0.3) is 11.1 Å². The monoisotopic (exact) mass is 203 g/mol. The standard InChI is InChI=1S/C12H13NO2/c1-2-10(14-6-1)8-9-3-5-13-12-11(9)4-7-15-12/h3-5,7,10H,1-2,6,8H2/t10-/m0/s1. The highest BCUT2D eigenvalue weighted by Crippen LogP contribution is 2.23. The molecule has 1 atom stereocenters. The van der Waals surface area contributed by atoms with Crippen LogP contribution in [0.5, 0.6) is 0 Å². The molecule has 15 heavy (non-hydrogen) atoms. The molecule has 78 valence electrons. The molecule has 3 rings (SSSR count). The molecule has 3 heteroatoms. The van der Waals surface area contributed by atoms with Gasteiger partial charge in [0, 0.05) is 18.2 Å². The third-order valence-corrected chi connectivity index (χ3v) is 2.93. The molecule has 1 saturated heterocycles. The second-order valence-electron chi connectivity index (χ2n) is 3.95. The number of pyridine rings is 1. The van der Waals surface area contributed by atoms with Gasteiger partial charge in [-0.25, -0.2) is 4.98 Å². The lowest BCUT2D eigenvalue weighted by Gasteiger charge is -2.09. The van der Waals surface area contributed by atoms with Crippen LogP contribution in [0.15, 0.2) is 29.0 Å².